The van der Waals surface area contributed by atoms with Gasteiger partial charge in [-0.1, -0.05) is 31.2 Å². The van der Waals surface area contributed by atoms with E-state index in [1.807, 2.05) is 42.5 Å². The number of piperidine rings is 1. The van der Waals surface area contributed by atoms with Gasteiger partial charge in [0.15, 0.2) is 0 Å². The Morgan fingerprint density at radius 3 is 2.80 bits per heavy atom. The number of benzene rings is 2. The maximum atomic E-state index is 12.5. The highest BCUT2D eigenvalue weighted by molar-refractivity contribution is 7.18. The molecular formula is C24H29N3O2S. The van der Waals surface area contributed by atoms with Crippen LogP contribution in [0.25, 0.3) is 10.2 Å². The summed E-state index contributed by atoms with van der Waals surface area (Å²) in [6.45, 7) is 4.80. The molecule has 0 bridgehead atoms. The summed E-state index contributed by atoms with van der Waals surface area (Å²) < 4.78 is 7.80. The van der Waals surface area contributed by atoms with Crippen LogP contribution in [0.3, 0.4) is 0 Å². The lowest BCUT2D eigenvalue weighted by molar-refractivity contribution is -0.0234. The summed E-state index contributed by atoms with van der Waals surface area (Å²) in [5.41, 5.74) is 2.64. The Kier molecular flexibility index (Phi) is 6.77. The molecule has 0 saturated carbocycles. The second-order valence-electron chi connectivity index (χ2n) is 7.92. The van der Waals surface area contributed by atoms with E-state index in [0.29, 0.717) is 12.1 Å². The number of hydrogen-bond donors (Lipinski definition) is 1. The average molecular weight is 424 g/mol. The minimum atomic E-state index is -0.269. The van der Waals surface area contributed by atoms with Crippen LogP contribution >= 0.6 is 11.3 Å². The highest BCUT2D eigenvalue weighted by Gasteiger charge is 2.26. The van der Waals surface area contributed by atoms with Crippen LogP contribution in [0.2, 0.25) is 0 Å². The van der Waals surface area contributed by atoms with Crippen LogP contribution in [0.5, 0.6) is 0 Å². The molecule has 1 unspecified atom stereocenters. The van der Waals surface area contributed by atoms with Gasteiger partial charge in [-0.3, -0.25) is 4.79 Å². The lowest BCUT2D eigenvalue weighted by atomic mass is 10.0. The van der Waals surface area contributed by atoms with Gasteiger partial charge >= 0.3 is 0 Å². The lowest BCUT2D eigenvalue weighted by Crippen LogP contribution is -2.35. The Morgan fingerprint density at radius 1 is 1.23 bits per heavy atom. The zero-order chi connectivity index (χ0) is 20.9. The highest BCUT2D eigenvalue weighted by atomic mass is 32.1. The number of carbonyl (C=O) groups is 1. The number of fused-ring (bicyclic) bond motifs is 1. The molecule has 0 radical (unpaired) electrons. The Morgan fingerprint density at radius 2 is 2.03 bits per heavy atom. The number of aromatic nitrogens is 1. The standard InChI is InChI=1S/C24H29N3O2S/c1-3-13-25-23(28)18-8-6-7-17(16-18)22(29-19-11-14-27(2)15-12-19)24-26-20-9-4-5-10-21(20)30-24/h4-10,16,19,22H,3,11-15H2,1-2H3,(H,25,28). The number of ether oxygens (including phenoxy) is 1. The fourth-order valence-electron chi connectivity index (χ4n) is 3.78. The molecule has 1 aliphatic rings. The third kappa shape index (κ3) is 4.89. The second kappa shape index (κ2) is 9.69. The van der Waals surface area contributed by atoms with Gasteiger partial charge in [0.05, 0.1) is 16.3 Å². The van der Waals surface area contributed by atoms with Crippen LogP contribution in [-0.2, 0) is 4.74 Å². The topological polar surface area (TPSA) is 54.5 Å². The molecule has 2 heterocycles. The third-order valence-corrected chi connectivity index (χ3v) is 6.60. The van der Waals surface area contributed by atoms with E-state index in [0.717, 1.165) is 53.1 Å². The van der Waals surface area contributed by atoms with E-state index in [2.05, 4.69) is 30.3 Å². The molecule has 3 aromatic rings. The van der Waals surface area contributed by atoms with Gasteiger partial charge in [0.1, 0.15) is 11.1 Å². The summed E-state index contributed by atoms with van der Waals surface area (Å²) >= 11 is 1.67. The molecule has 1 amide bonds. The summed E-state index contributed by atoms with van der Waals surface area (Å²) in [5, 5.41) is 3.91. The van der Waals surface area contributed by atoms with E-state index in [1.165, 1.54) is 0 Å². The molecule has 1 aliphatic heterocycles. The number of nitrogens with one attached hydrogen (secondary N) is 1. The van der Waals surface area contributed by atoms with Crippen molar-refractivity contribution in [3.63, 3.8) is 0 Å². The normalized spacial score (nSPS) is 16.6. The first-order valence-corrected chi connectivity index (χ1v) is 11.5. The van der Waals surface area contributed by atoms with Crippen molar-refractivity contribution in [2.45, 2.75) is 38.4 Å². The van der Waals surface area contributed by atoms with Crippen molar-refractivity contribution >= 4 is 27.5 Å². The quantitative estimate of drug-likeness (QED) is 0.602. The Hall–Kier alpha value is -2.28. The summed E-state index contributed by atoms with van der Waals surface area (Å²) in [7, 11) is 2.15. The zero-order valence-electron chi connectivity index (χ0n) is 17.6. The number of rotatable bonds is 7. The van der Waals surface area contributed by atoms with Crippen LogP contribution in [0, 0.1) is 0 Å². The van der Waals surface area contributed by atoms with Gasteiger partial charge in [0.25, 0.3) is 5.91 Å². The summed E-state index contributed by atoms with van der Waals surface area (Å²) in [5.74, 6) is -0.0407. The van der Waals surface area contributed by atoms with E-state index >= 15 is 0 Å². The Balaban J connectivity index is 1.65. The molecule has 5 nitrogen and oxygen atoms in total. The van der Waals surface area contributed by atoms with Crippen LogP contribution in [0.1, 0.15) is 53.2 Å². The second-order valence-corrected chi connectivity index (χ2v) is 8.98. The highest BCUT2D eigenvalue weighted by Crippen LogP contribution is 2.35. The van der Waals surface area contributed by atoms with Crippen molar-refractivity contribution in [2.24, 2.45) is 0 Å². The molecule has 6 heteroatoms. The summed E-state index contributed by atoms with van der Waals surface area (Å²) in [6, 6.07) is 16.0. The average Bonchev–Trinajstić information content (AvgIpc) is 3.21. The van der Waals surface area contributed by atoms with E-state index < -0.39 is 0 Å². The molecule has 1 N–H and O–H groups in total. The smallest absolute Gasteiger partial charge is 0.251 e. The van der Waals surface area contributed by atoms with Crippen molar-refractivity contribution in [2.75, 3.05) is 26.7 Å². The van der Waals surface area contributed by atoms with Gasteiger partial charge in [0, 0.05) is 25.2 Å². The van der Waals surface area contributed by atoms with E-state index in [4.69, 9.17) is 9.72 Å². The molecule has 158 valence electrons. The molecule has 1 saturated heterocycles. The predicted octanol–water partition coefficient (Wildman–Crippen LogP) is 4.64. The van der Waals surface area contributed by atoms with Gasteiger partial charge in [-0.25, -0.2) is 4.98 Å². The molecule has 0 spiro atoms. The largest absolute Gasteiger partial charge is 0.363 e. The fourth-order valence-corrected chi connectivity index (χ4v) is 4.81. The van der Waals surface area contributed by atoms with Crippen LogP contribution in [-0.4, -0.2) is 48.6 Å². The number of carbonyl (C=O) groups excluding carboxylic acids is 1. The van der Waals surface area contributed by atoms with Crippen LogP contribution < -0.4 is 5.32 Å². The van der Waals surface area contributed by atoms with Crippen molar-refractivity contribution in [3.05, 3.63) is 64.7 Å². The third-order valence-electron chi connectivity index (χ3n) is 5.52. The minimum absolute atomic E-state index is 0.0407. The van der Waals surface area contributed by atoms with Crippen molar-refractivity contribution in [1.82, 2.24) is 15.2 Å². The summed E-state index contributed by atoms with van der Waals surface area (Å²) in [4.78, 5) is 19.7. The van der Waals surface area contributed by atoms with Crippen molar-refractivity contribution in [3.8, 4) is 0 Å². The Bertz CT molecular complexity index is 962. The molecule has 30 heavy (non-hydrogen) atoms. The zero-order valence-corrected chi connectivity index (χ0v) is 18.5. The minimum Gasteiger partial charge on any atom is -0.363 e. The van der Waals surface area contributed by atoms with Gasteiger partial charge in [-0.05, 0) is 56.1 Å². The number of amides is 1. The van der Waals surface area contributed by atoms with Crippen LogP contribution in [0.15, 0.2) is 48.5 Å². The maximum Gasteiger partial charge on any atom is 0.251 e. The molecule has 1 fully saturated rings. The van der Waals surface area contributed by atoms with E-state index in [1.54, 1.807) is 11.3 Å². The first-order valence-electron chi connectivity index (χ1n) is 10.7. The van der Waals surface area contributed by atoms with Crippen LogP contribution in [0.4, 0.5) is 0 Å². The first-order chi connectivity index (χ1) is 14.6. The summed E-state index contributed by atoms with van der Waals surface area (Å²) in [6.07, 6.45) is 2.85. The number of hydrogen-bond acceptors (Lipinski definition) is 5. The van der Waals surface area contributed by atoms with E-state index in [9.17, 15) is 4.79 Å². The molecule has 0 aliphatic carbocycles. The monoisotopic (exact) mass is 423 g/mol. The molecule has 2 aromatic carbocycles. The number of nitrogens with zero attached hydrogens (tertiary/aromatic N) is 2. The predicted molar refractivity (Wildman–Crippen MR) is 122 cm³/mol. The van der Waals surface area contributed by atoms with Gasteiger partial charge in [-0.2, -0.15) is 0 Å². The number of likely N-dealkylation sites (tertiary alicyclic amines) is 1. The van der Waals surface area contributed by atoms with Crippen molar-refractivity contribution < 1.29 is 9.53 Å². The van der Waals surface area contributed by atoms with Gasteiger partial charge in [0.2, 0.25) is 0 Å². The lowest BCUT2D eigenvalue weighted by Gasteiger charge is -2.31. The number of thiazole rings is 1. The van der Waals surface area contributed by atoms with E-state index in [-0.39, 0.29) is 18.1 Å². The molecule has 4 rings (SSSR count). The first kappa shape index (κ1) is 21.0. The fraction of sp³-hybridized carbons (Fsp3) is 0.417. The Labute approximate surface area is 182 Å². The van der Waals surface area contributed by atoms with Gasteiger partial charge < -0.3 is 15.0 Å². The van der Waals surface area contributed by atoms with Crippen molar-refractivity contribution in [1.29, 1.82) is 0 Å². The maximum absolute atomic E-state index is 12.5. The molecule has 1 atom stereocenters. The van der Waals surface area contributed by atoms with Gasteiger partial charge in [-0.15, -0.1) is 11.3 Å². The molecule has 1 aromatic heterocycles. The SMILES string of the molecule is CCCNC(=O)c1cccc(C(OC2CCN(C)CC2)c2nc3ccccc3s2)c1. The molecular weight excluding hydrogens is 394 g/mol. The number of para-hydroxylation sites is 1.